The number of piperidine rings is 1. The molecule has 1 aromatic heterocycles. The van der Waals surface area contributed by atoms with E-state index in [9.17, 15) is 4.79 Å². The summed E-state index contributed by atoms with van der Waals surface area (Å²) in [6.45, 7) is 11.9. The summed E-state index contributed by atoms with van der Waals surface area (Å²) >= 11 is 0. The molecule has 0 radical (unpaired) electrons. The van der Waals surface area contributed by atoms with Gasteiger partial charge in [-0.1, -0.05) is 24.8 Å². The summed E-state index contributed by atoms with van der Waals surface area (Å²) in [4.78, 5) is 24.3. The van der Waals surface area contributed by atoms with Crippen LogP contribution in [0.25, 0.3) is 0 Å². The van der Waals surface area contributed by atoms with Crippen LogP contribution in [-0.2, 0) is 6.42 Å². The van der Waals surface area contributed by atoms with Gasteiger partial charge in [-0.25, -0.2) is 15.4 Å². The van der Waals surface area contributed by atoms with Gasteiger partial charge in [0.15, 0.2) is 0 Å². The number of aromatic nitrogens is 2. The Morgan fingerprint density at radius 3 is 2.55 bits per heavy atom. The molecule has 1 saturated heterocycles. The molecule has 1 aliphatic heterocycles. The first kappa shape index (κ1) is 22.7. The van der Waals surface area contributed by atoms with Crippen LogP contribution in [0.2, 0.25) is 0 Å². The standard InChI is InChI=1S/C23H32N6O2/c1-4-29(17(2)3)21-8-6-5-7-18(21)9-12-24-20-10-13-28(14-11-20)23-25-15-19(16-26-23)22(30)27-31/h5-8,15-16,20,24,31H,2,4,9-14H2,1,3H3,(H,27,30). The van der Waals surface area contributed by atoms with Gasteiger partial charge in [0.05, 0.1) is 5.56 Å². The molecule has 0 aliphatic carbocycles. The first-order chi connectivity index (χ1) is 15.0. The average Bonchev–Trinajstić information content (AvgIpc) is 2.80. The molecule has 0 atom stereocenters. The fraction of sp³-hybridized carbons (Fsp3) is 0.435. The number of carbonyl (C=O) groups excluding carboxylic acids is 1. The van der Waals surface area contributed by atoms with Crippen LogP contribution in [0.4, 0.5) is 11.6 Å². The van der Waals surface area contributed by atoms with E-state index in [0.29, 0.717) is 12.0 Å². The van der Waals surface area contributed by atoms with Gasteiger partial charge in [0.2, 0.25) is 5.95 Å². The van der Waals surface area contributed by atoms with E-state index in [0.717, 1.165) is 51.1 Å². The zero-order chi connectivity index (χ0) is 22.2. The average molecular weight is 425 g/mol. The van der Waals surface area contributed by atoms with E-state index < -0.39 is 5.91 Å². The van der Waals surface area contributed by atoms with E-state index in [1.54, 1.807) is 5.48 Å². The maximum Gasteiger partial charge on any atom is 0.277 e. The Morgan fingerprint density at radius 1 is 1.26 bits per heavy atom. The number of nitrogens with zero attached hydrogens (tertiary/aromatic N) is 4. The third kappa shape index (κ3) is 5.80. The number of hydrogen-bond donors (Lipinski definition) is 3. The molecule has 166 valence electrons. The van der Waals surface area contributed by atoms with E-state index >= 15 is 0 Å². The van der Waals surface area contributed by atoms with Gasteiger partial charge < -0.3 is 15.1 Å². The quantitative estimate of drug-likeness (QED) is 0.421. The van der Waals surface area contributed by atoms with Gasteiger partial charge >= 0.3 is 0 Å². The Hall–Kier alpha value is -2.97. The van der Waals surface area contributed by atoms with Crippen molar-refractivity contribution in [3.05, 3.63) is 60.1 Å². The third-order valence-corrected chi connectivity index (χ3v) is 5.67. The van der Waals surface area contributed by atoms with Crippen LogP contribution in [0.3, 0.4) is 0 Å². The fourth-order valence-corrected chi connectivity index (χ4v) is 3.99. The number of nitrogens with one attached hydrogen (secondary N) is 2. The lowest BCUT2D eigenvalue weighted by molar-refractivity contribution is 0.0705. The maximum atomic E-state index is 11.4. The first-order valence-electron chi connectivity index (χ1n) is 10.8. The van der Waals surface area contributed by atoms with Crippen molar-refractivity contribution >= 4 is 17.5 Å². The monoisotopic (exact) mass is 424 g/mol. The van der Waals surface area contributed by atoms with Gasteiger partial charge in [0.25, 0.3) is 5.91 Å². The molecule has 8 nitrogen and oxygen atoms in total. The summed E-state index contributed by atoms with van der Waals surface area (Å²) < 4.78 is 0. The molecule has 1 aliphatic rings. The minimum absolute atomic E-state index is 0.233. The second-order valence-corrected chi connectivity index (χ2v) is 7.79. The first-order valence-corrected chi connectivity index (χ1v) is 10.8. The highest BCUT2D eigenvalue weighted by Crippen LogP contribution is 2.24. The molecule has 1 fully saturated rings. The number of amides is 1. The highest BCUT2D eigenvalue weighted by Gasteiger charge is 2.21. The Labute approximate surface area is 184 Å². The van der Waals surface area contributed by atoms with E-state index in [-0.39, 0.29) is 5.56 Å². The molecular formula is C23H32N6O2. The number of hydroxylamine groups is 1. The second kappa shape index (κ2) is 10.9. The Bertz CT molecular complexity index is 878. The van der Waals surface area contributed by atoms with Gasteiger partial charge in [-0.2, -0.15) is 0 Å². The van der Waals surface area contributed by atoms with Crippen molar-refractivity contribution in [3.8, 4) is 0 Å². The summed E-state index contributed by atoms with van der Waals surface area (Å²) in [6, 6.07) is 9.01. The summed E-state index contributed by atoms with van der Waals surface area (Å²) in [7, 11) is 0. The Morgan fingerprint density at radius 2 is 1.94 bits per heavy atom. The SMILES string of the molecule is C=C(C)N(CC)c1ccccc1CCNC1CCN(c2ncc(C(=O)NO)cn2)CC1. The van der Waals surface area contributed by atoms with E-state index in [4.69, 9.17) is 5.21 Å². The largest absolute Gasteiger partial charge is 0.346 e. The molecule has 2 heterocycles. The van der Waals surface area contributed by atoms with Gasteiger partial charge in [0, 0.05) is 49.5 Å². The van der Waals surface area contributed by atoms with Crippen LogP contribution in [0.15, 0.2) is 48.9 Å². The van der Waals surface area contributed by atoms with E-state index in [1.165, 1.54) is 23.6 Å². The van der Waals surface area contributed by atoms with Gasteiger partial charge in [-0.15, -0.1) is 0 Å². The molecule has 0 bridgehead atoms. The van der Waals surface area contributed by atoms with Crippen molar-refractivity contribution in [3.63, 3.8) is 0 Å². The number of anilines is 2. The number of allylic oxidation sites excluding steroid dienone is 1. The predicted molar refractivity (Wildman–Crippen MR) is 123 cm³/mol. The highest BCUT2D eigenvalue weighted by molar-refractivity contribution is 5.92. The van der Waals surface area contributed by atoms with Crippen molar-refractivity contribution in [2.45, 2.75) is 39.2 Å². The van der Waals surface area contributed by atoms with Crippen molar-refractivity contribution in [2.75, 3.05) is 36.0 Å². The van der Waals surface area contributed by atoms with Gasteiger partial charge in [-0.3, -0.25) is 10.0 Å². The lowest BCUT2D eigenvalue weighted by Crippen LogP contribution is -2.43. The molecule has 8 heteroatoms. The minimum atomic E-state index is -0.610. The molecule has 1 aromatic carbocycles. The van der Waals surface area contributed by atoms with Crippen LogP contribution in [0, 0.1) is 0 Å². The van der Waals surface area contributed by atoms with Crippen LogP contribution in [0.1, 0.15) is 42.6 Å². The predicted octanol–water partition coefficient (Wildman–Crippen LogP) is 2.76. The molecule has 2 aromatic rings. The molecule has 31 heavy (non-hydrogen) atoms. The number of para-hydroxylation sites is 1. The minimum Gasteiger partial charge on any atom is -0.346 e. The molecule has 1 amide bonds. The molecule has 3 rings (SSSR count). The topological polar surface area (TPSA) is 93.6 Å². The van der Waals surface area contributed by atoms with Crippen LogP contribution in [-0.4, -0.2) is 53.3 Å². The second-order valence-electron chi connectivity index (χ2n) is 7.79. The Kier molecular flexibility index (Phi) is 7.97. The summed E-state index contributed by atoms with van der Waals surface area (Å²) in [5.74, 6) is 0.00246. The zero-order valence-corrected chi connectivity index (χ0v) is 18.3. The summed E-state index contributed by atoms with van der Waals surface area (Å²) in [5.41, 5.74) is 5.45. The lowest BCUT2D eigenvalue weighted by Gasteiger charge is -2.32. The van der Waals surface area contributed by atoms with Crippen LogP contribution < -0.4 is 20.6 Å². The number of carbonyl (C=O) groups is 1. The zero-order valence-electron chi connectivity index (χ0n) is 18.3. The van der Waals surface area contributed by atoms with Crippen molar-refractivity contribution in [2.24, 2.45) is 0 Å². The Balaban J connectivity index is 1.48. The summed E-state index contributed by atoms with van der Waals surface area (Å²) in [5, 5.41) is 12.4. The van der Waals surface area contributed by atoms with Crippen LogP contribution in [0.5, 0.6) is 0 Å². The summed E-state index contributed by atoms with van der Waals surface area (Å²) in [6.07, 6.45) is 5.85. The van der Waals surface area contributed by atoms with E-state index in [1.807, 2.05) is 6.92 Å². The molecule has 0 unspecified atom stereocenters. The molecule has 3 N–H and O–H groups in total. The van der Waals surface area contributed by atoms with E-state index in [2.05, 4.69) is 62.9 Å². The number of benzene rings is 1. The van der Waals surface area contributed by atoms with Crippen LogP contribution >= 0.6 is 0 Å². The van der Waals surface area contributed by atoms with Gasteiger partial charge in [0.1, 0.15) is 0 Å². The third-order valence-electron chi connectivity index (χ3n) is 5.67. The molecule has 0 saturated carbocycles. The highest BCUT2D eigenvalue weighted by atomic mass is 16.5. The van der Waals surface area contributed by atoms with Gasteiger partial charge in [-0.05, 0) is 51.3 Å². The lowest BCUT2D eigenvalue weighted by atomic mass is 10.0. The maximum absolute atomic E-state index is 11.4. The molecular weight excluding hydrogens is 392 g/mol. The van der Waals surface area contributed by atoms with Crippen molar-refractivity contribution in [1.82, 2.24) is 20.8 Å². The van der Waals surface area contributed by atoms with Crippen molar-refractivity contribution in [1.29, 1.82) is 0 Å². The smallest absolute Gasteiger partial charge is 0.277 e. The number of hydrogen-bond acceptors (Lipinski definition) is 7. The normalized spacial score (nSPS) is 14.4. The van der Waals surface area contributed by atoms with Crippen molar-refractivity contribution < 1.29 is 10.0 Å². The fourth-order valence-electron chi connectivity index (χ4n) is 3.99. The number of rotatable bonds is 9. The molecule has 0 spiro atoms.